The number of carbonyl (C=O) groups excluding carboxylic acids is 1. The van der Waals surface area contributed by atoms with Gasteiger partial charge < -0.3 is 5.11 Å². The summed E-state index contributed by atoms with van der Waals surface area (Å²) in [5.41, 5.74) is 6.92. The molecule has 5 heteroatoms. The Hall–Kier alpha value is -3.37. The largest absolute Gasteiger partial charge is 0.512 e. The predicted molar refractivity (Wildman–Crippen MR) is 234 cm³/mol. The van der Waals surface area contributed by atoms with Crippen molar-refractivity contribution in [2.24, 2.45) is 11.8 Å². The second-order valence-electron chi connectivity index (χ2n) is 17.9. The molecule has 0 fully saturated rings. The van der Waals surface area contributed by atoms with Crippen molar-refractivity contribution in [3.8, 4) is 11.3 Å². The summed E-state index contributed by atoms with van der Waals surface area (Å²) in [6.45, 7) is 24.6. The van der Waals surface area contributed by atoms with Gasteiger partial charge in [-0.1, -0.05) is 111 Å². The quantitative estimate of drug-likeness (QED) is 0.0940. The number of carbonyl (C=O) groups is 1. The Labute approximate surface area is 347 Å². The number of thiophene rings is 1. The summed E-state index contributed by atoms with van der Waals surface area (Å²) in [7, 11) is 0. The SMILES string of the molecule is CC(C)(C)c1cc(-c2cc3cc4sc5cc6c(cc5c4cc3cn2)C(C)(C)CCC6(C)C)[c-]c2ccccc12.CCC(CC)C(=O)/C=C(\O)C(CC)CC.[Ir]. The number of fused-ring (bicyclic) bond motifs is 6. The van der Waals surface area contributed by atoms with Crippen LogP contribution in [0, 0.1) is 17.9 Å². The molecule has 0 amide bonds. The fourth-order valence-corrected chi connectivity index (χ4v) is 9.55. The average molecular weight is 931 g/mol. The van der Waals surface area contributed by atoms with Gasteiger partial charge in [-0.25, -0.2) is 0 Å². The Morgan fingerprint density at radius 3 is 2.00 bits per heavy atom. The van der Waals surface area contributed by atoms with E-state index < -0.39 is 0 Å². The monoisotopic (exact) mass is 931 g/mol. The molecular formula is C50H60IrNO2S-. The van der Waals surface area contributed by atoms with Gasteiger partial charge in [0.25, 0.3) is 0 Å². The van der Waals surface area contributed by atoms with Gasteiger partial charge in [0.05, 0.1) is 5.76 Å². The first-order valence-electron chi connectivity index (χ1n) is 20.2. The summed E-state index contributed by atoms with van der Waals surface area (Å²) in [6, 6.07) is 26.6. The van der Waals surface area contributed by atoms with Crippen molar-refractivity contribution in [2.45, 2.75) is 131 Å². The van der Waals surface area contributed by atoms with E-state index in [1.54, 1.807) is 0 Å². The molecule has 6 aromatic rings. The number of allylic oxidation sites excluding steroid dienone is 2. The number of ketones is 1. The Morgan fingerprint density at radius 1 is 0.800 bits per heavy atom. The van der Waals surface area contributed by atoms with E-state index in [0.717, 1.165) is 42.3 Å². The first-order chi connectivity index (χ1) is 25.5. The van der Waals surface area contributed by atoms with E-state index in [1.807, 2.05) is 39.0 Å². The van der Waals surface area contributed by atoms with E-state index in [4.69, 9.17) is 4.98 Å². The molecule has 7 rings (SSSR count). The molecule has 0 aliphatic heterocycles. The Bertz CT molecular complexity index is 2370. The summed E-state index contributed by atoms with van der Waals surface area (Å²) in [4.78, 5) is 16.7. The third-order valence-electron chi connectivity index (χ3n) is 12.2. The topological polar surface area (TPSA) is 50.2 Å². The minimum Gasteiger partial charge on any atom is -0.512 e. The minimum absolute atomic E-state index is 0. The molecule has 293 valence electrons. The maximum atomic E-state index is 11.7. The first kappa shape index (κ1) is 42.8. The fraction of sp³-hybridized carbons (Fsp3) is 0.440. The summed E-state index contributed by atoms with van der Waals surface area (Å²) < 4.78 is 2.75. The molecule has 1 radical (unpaired) electrons. The molecule has 0 saturated heterocycles. The van der Waals surface area contributed by atoms with E-state index in [-0.39, 0.29) is 59.7 Å². The Balaban J connectivity index is 0.000000311. The Morgan fingerprint density at radius 2 is 1.38 bits per heavy atom. The standard InChI is InChI=1S/C37H36NS.C13H24O2.Ir/c1-35(2,3)29-16-24(14-22-10-8-9-11-26(22)29)32-17-23-18-33-27(15-25(23)21-38-32)28-19-30-31(20-34(28)39-33)37(6,7)13-12-36(30,4)5;1-5-10(6-2)12(14)9-13(15)11(7-3)8-4;/h8-11,15-21H,12-13H2,1-7H3;9-11,14H,5-8H2,1-4H3;/q-1;;/b;12-9-;. The van der Waals surface area contributed by atoms with E-state index in [9.17, 15) is 9.90 Å². The van der Waals surface area contributed by atoms with Crippen LogP contribution in [0.4, 0.5) is 0 Å². The van der Waals surface area contributed by atoms with E-state index in [1.165, 1.54) is 71.9 Å². The van der Waals surface area contributed by atoms with Crippen molar-refractivity contribution in [2.75, 3.05) is 0 Å². The van der Waals surface area contributed by atoms with Crippen molar-refractivity contribution in [3.63, 3.8) is 0 Å². The normalized spacial score (nSPS) is 15.3. The smallest absolute Gasteiger partial charge is 0.162 e. The van der Waals surface area contributed by atoms with Crippen LogP contribution in [0.1, 0.15) is 131 Å². The predicted octanol–water partition coefficient (Wildman–Crippen LogP) is 14.7. The molecular weight excluding hydrogens is 871 g/mol. The van der Waals surface area contributed by atoms with Crippen LogP contribution in [0.2, 0.25) is 0 Å². The van der Waals surface area contributed by atoms with Gasteiger partial charge in [0.1, 0.15) is 0 Å². The maximum Gasteiger partial charge on any atom is 0.162 e. The number of hydrogen-bond acceptors (Lipinski definition) is 4. The van der Waals surface area contributed by atoms with Gasteiger partial charge in [0, 0.05) is 70.1 Å². The van der Waals surface area contributed by atoms with E-state index in [2.05, 4.69) is 121 Å². The van der Waals surface area contributed by atoms with Crippen molar-refractivity contribution in [1.29, 1.82) is 0 Å². The van der Waals surface area contributed by atoms with E-state index in [0.29, 0.717) is 0 Å². The molecule has 0 bridgehead atoms. The molecule has 55 heavy (non-hydrogen) atoms. The van der Waals surface area contributed by atoms with Crippen molar-refractivity contribution >= 4 is 58.8 Å². The van der Waals surface area contributed by atoms with Crippen molar-refractivity contribution in [1.82, 2.24) is 4.98 Å². The zero-order valence-electron chi connectivity index (χ0n) is 34.9. The summed E-state index contributed by atoms with van der Waals surface area (Å²) in [5.74, 6) is 0.547. The molecule has 1 aliphatic rings. The number of rotatable bonds is 8. The number of aliphatic hydroxyl groups is 1. The summed E-state index contributed by atoms with van der Waals surface area (Å²) in [5, 5.41) is 17.4. The van der Waals surface area contributed by atoms with Crippen LogP contribution < -0.4 is 0 Å². The van der Waals surface area contributed by atoms with E-state index >= 15 is 0 Å². The van der Waals surface area contributed by atoms with Crippen LogP contribution in [0.15, 0.2) is 78.7 Å². The van der Waals surface area contributed by atoms with Gasteiger partial charge in [-0.05, 0) is 101 Å². The molecule has 4 aromatic carbocycles. The second-order valence-corrected chi connectivity index (χ2v) is 19.0. The van der Waals surface area contributed by atoms with Gasteiger partial charge in [-0.15, -0.1) is 40.5 Å². The third-order valence-corrected chi connectivity index (χ3v) is 13.3. The molecule has 1 N–H and O–H groups in total. The van der Waals surface area contributed by atoms with Crippen molar-refractivity contribution < 1.29 is 30.0 Å². The molecule has 0 spiro atoms. The van der Waals surface area contributed by atoms with Gasteiger partial charge in [0.15, 0.2) is 5.78 Å². The van der Waals surface area contributed by atoms with Crippen LogP contribution in [0.25, 0.3) is 53.0 Å². The van der Waals surface area contributed by atoms with Crippen LogP contribution in [0.3, 0.4) is 0 Å². The third kappa shape index (κ3) is 8.65. The van der Waals surface area contributed by atoms with Crippen LogP contribution >= 0.6 is 11.3 Å². The molecule has 3 nitrogen and oxygen atoms in total. The average Bonchev–Trinajstić information content (AvgIpc) is 3.48. The van der Waals surface area contributed by atoms with Gasteiger partial charge in [0.2, 0.25) is 0 Å². The van der Waals surface area contributed by atoms with Gasteiger partial charge in [-0.2, -0.15) is 0 Å². The maximum absolute atomic E-state index is 11.7. The first-order valence-corrected chi connectivity index (χ1v) is 21.0. The summed E-state index contributed by atoms with van der Waals surface area (Å²) in [6.07, 6.45) is 9.44. The van der Waals surface area contributed by atoms with Crippen LogP contribution in [-0.2, 0) is 41.1 Å². The molecule has 2 aromatic heterocycles. The number of benzene rings is 4. The second kappa shape index (κ2) is 16.6. The molecule has 2 heterocycles. The Kier molecular flexibility index (Phi) is 12.9. The molecule has 1 aliphatic carbocycles. The number of nitrogens with zero attached hydrogens (tertiary/aromatic N) is 1. The van der Waals surface area contributed by atoms with Crippen LogP contribution in [0.5, 0.6) is 0 Å². The zero-order valence-corrected chi connectivity index (χ0v) is 38.1. The summed E-state index contributed by atoms with van der Waals surface area (Å²) >= 11 is 1.93. The molecule has 0 unspecified atom stereocenters. The molecule has 0 saturated carbocycles. The van der Waals surface area contributed by atoms with Gasteiger partial charge >= 0.3 is 0 Å². The number of hydrogen-bond donors (Lipinski definition) is 1. The number of aromatic nitrogens is 1. The fourth-order valence-electron chi connectivity index (χ4n) is 8.39. The zero-order chi connectivity index (χ0) is 39.2. The van der Waals surface area contributed by atoms with Crippen molar-refractivity contribution in [3.05, 3.63) is 101 Å². The van der Waals surface area contributed by atoms with Crippen LogP contribution in [-0.4, -0.2) is 15.9 Å². The minimum atomic E-state index is 0. The number of aliphatic hydroxyl groups excluding tert-OH is 1. The van der Waals surface area contributed by atoms with Gasteiger partial charge in [-0.3, -0.25) is 9.78 Å². The molecule has 0 atom stereocenters. The number of pyridine rings is 1.